The summed E-state index contributed by atoms with van der Waals surface area (Å²) in [5, 5.41) is 0. The molecule has 0 aromatic carbocycles. The molecule has 0 saturated carbocycles. The van der Waals surface area contributed by atoms with E-state index >= 15 is 0 Å². The first-order chi connectivity index (χ1) is 10.1. The summed E-state index contributed by atoms with van der Waals surface area (Å²) in [5.41, 5.74) is 3.76. The first-order valence-electron chi connectivity index (χ1n) is 7.82. The van der Waals surface area contributed by atoms with Crippen LogP contribution in [0.5, 0.6) is 0 Å². The molecule has 1 aliphatic rings. The predicted octanol–water partition coefficient (Wildman–Crippen LogP) is 1.55. The van der Waals surface area contributed by atoms with Crippen molar-refractivity contribution in [2.24, 2.45) is 5.84 Å². The van der Waals surface area contributed by atoms with E-state index in [0.717, 1.165) is 49.0 Å². The van der Waals surface area contributed by atoms with Crippen LogP contribution < -0.4 is 16.2 Å². The summed E-state index contributed by atoms with van der Waals surface area (Å²) in [6.45, 7) is 6.25. The molecule has 0 aliphatic carbocycles. The lowest BCUT2D eigenvalue weighted by atomic mass is 10.0. The largest absolute Gasteiger partial charge is 0.355 e. The van der Waals surface area contributed by atoms with E-state index in [2.05, 4.69) is 41.2 Å². The zero-order valence-corrected chi connectivity index (χ0v) is 13.7. The second-order valence-corrected chi connectivity index (χ2v) is 6.04. The number of nitrogens with zero attached hydrogens (tertiary/aromatic N) is 4. The van der Waals surface area contributed by atoms with E-state index in [9.17, 15) is 0 Å². The summed E-state index contributed by atoms with van der Waals surface area (Å²) >= 11 is 0. The average molecular weight is 292 g/mol. The summed E-state index contributed by atoms with van der Waals surface area (Å²) in [5.74, 6) is 8.28. The molecule has 0 amide bonds. The van der Waals surface area contributed by atoms with Crippen molar-refractivity contribution in [2.45, 2.75) is 45.6 Å². The van der Waals surface area contributed by atoms with Crippen molar-refractivity contribution < 1.29 is 0 Å². The van der Waals surface area contributed by atoms with Crippen LogP contribution in [0, 0.1) is 6.92 Å². The minimum Gasteiger partial charge on any atom is -0.355 e. The number of likely N-dealkylation sites (N-methyl/N-ethyl adjacent to an activating group) is 1. The van der Waals surface area contributed by atoms with Crippen molar-refractivity contribution in [1.29, 1.82) is 0 Å². The first kappa shape index (κ1) is 16.0. The number of anilines is 2. The van der Waals surface area contributed by atoms with Crippen LogP contribution in [0.1, 0.15) is 37.6 Å². The van der Waals surface area contributed by atoms with E-state index < -0.39 is 0 Å². The standard InChI is InChI=1S/C15H28N6/c1-5-7-13-17-14(19-16)11(2)15(18-13)21-9-6-8-12(10-21)20(3)4/h12H,5-10,16H2,1-4H3,(H,17,18,19). The Balaban J connectivity index is 2.30. The maximum Gasteiger partial charge on any atom is 0.148 e. The molecule has 6 nitrogen and oxygen atoms in total. The zero-order chi connectivity index (χ0) is 15.4. The van der Waals surface area contributed by atoms with Crippen LogP contribution in [-0.2, 0) is 6.42 Å². The average Bonchev–Trinajstić information content (AvgIpc) is 2.49. The van der Waals surface area contributed by atoms with Gasteiger partial charge in [0.05, 0.1) is 0 Å². The van der Waals surface area contributed by atoms with Gasteiger partial charge >= 0.3 is 0 Å². The molecule has 0 radical (unpaired) electrons. The Kier molecular flexibility index (Phi) is 5.36. The van der Waals surface area contributed by atoms with Crippen LogP contribution in [-0.4, -0.2) is 48.1 Å². The molecule has 6 heteroatoms. The Bertz CT molecular complexity index is 473. The van der Waals surface area contributed by atoms with Gasteiger partial charge in [-0.3, -0.25) is 0 Å². The molecule has 1 aromatic heterocycles. The second-order valence-electron chi connectivity index (χ2n) is 6.04. The molecule has 1 fully saturated rings. The Hall–Kier alpha value is -1.40. The minimum atomic E-state index is 0.581. The van der Waals surface area contributed by atoms with Crippen molar-refractivity contribution in [2.75, 3.05) is 37.5 Å². The third-order valence-electron chi connectivity index (χ3n) is 4.20. The molecule has 21 heavy (non-hydrogen) atoms. The molecule has 1 aliphatic heterocycles. The van der Waals surface area contributed by atoms with Gasteiger partial charge in [0.25, 0.3) is 0 Å². The summed E-state index contributed by atoms with van der Waals surface area (Å²) in [7, 11) is 4.30. The molecule has 118 valence electrons. The molecule has 1 atom stereocenters. The monoisotopic (exact) mass is 292 g/mol. The second kappa shape index (κ2) is 7.04. The number of nitrogen functional groups attached to an aromatic ring is 1. The van der Waals surface area contributed by atoms with Gasteiger partial charge in [0.2, 0.25) is 0 Å². The topological polar surface area (TPSA) is 70.3 Å². The lowest BCUT2D eigenvalue weighted by molar-refractivity contribution is 0.257. The van der Waals surface area contributed by atoms with Crippen molar-refractivity contribution in [3.05, 3.63) is 11.4 Å². The molecule has 2 heterocycles. The fourth-order valence-electron chi connectivity index (χ4n) is 2.90. The van der Waals surface area contributed by atoms with Crippen molar-refractivity contribution in [1.82, 2.24) is 14.9 Å². The van der Waals surface area contributed by atoms with Crippen LogP contribution >= 0.6 is 0 Å². The van der Waals surface area contributed by atoms with Crippen molar-refractivity contribution in [3.8, 4) is 0 Å². The minimum absolute atomic E-state index is 0.581. The van der Waals surface area contributed by atoms with Gasteiger partial charge in [-0.25, -0.2) is 15.8 Å². The number of aromatic nitrogens is 2. The number of hydrogen-bond acceptors (Lipinski definition) is 6. The van der Waals surface area contributed by atoms with E-state index in [1.54, 1.807) is 0 Å². The van der Waals surface area contributed by atoms with E-state index in [-0.39, 0.29) is 0 Å². The lowest BCUT2D eigenvalue weighted by Crippen LogP contribution is -2.45. The number of hydrazine groups is 1. The summed E-state index contributed by atoms with van der Waals surface area (Å²) in [6, 6.07) is 0.581. The van der Waals surface area contributed by atoms with E-state index in [1.165, 1.54) is 12.8 Å². The molecule has 1 unspecified atom stereocenters. The summed E-state index contributed by atoms with van der Waals surface area (Å²) < 4.78 is 0. The Morgan fingerprint density at radius 2 is 2.14 bits per heavy atom. The normalized spacial score (nSPS) is 19.1. The van der Waals surface area contributed by atoms with Crippen LogP contribution in [0.4, 0.5) is 11.6 Å². The van der Waals surface area contributed by atoms with Crippen molar-refractivity contribution >= 4 is 11.6 Å². The van der Waals surface area contributed by atoms with Crippen LogP contribution in [0.15, 0.2) is 0 Å². The van der Waals surface area contributed by atoms with Gasteiger partial charge in [0, 0.05) is 31.1 Å². The fourth-order valence-corrected chi connectivity index (χ4v) is 2.90. The predicted molar refractivity (Wildman–Crippen MR) is 87.5 cm³/mol. The maximum absolute atomic E-state index is 5.62. The summed E-state index contributed by atoms with van der Waals surface area (Å²) in [6.07, 6.45) is 4.36. The van der Waals surface area contributed by atoms with Gasteiger partial charge in [-0.15, -0.1) is 0 Å². The highest BCUT2D eigenvalue weighted by atomic mass is 15.3. The highest BCUT2D eigenvalue weighted by Gasteiger charge is 2.24. The number of hydrogen-bond donors (Lipinski definition) is 2. The number of nitrogens with one attached hydrogen (secondary N) is 1. The first-order valence-corrected chi connectivity index (χ1v) is 7.82. The van der Waals surface area contributed by atoms with Crippen molar-refractivity contribution in [3.63, 3.8) is 0 Å². The van der Waals surface area contributed by atoms with Gasteiger partial charge in [-0.2, -0.15) is 0 Å². The van der Waals surface area contributed by atoms with E-state index in [4.69, 9.17) is 10.8 Å². The highest BCUT2D eigenvalue weighted by molar-refractivity contribution is 5.58. The Labute approximate surface area is 127 Å². The van der Waals surface area contributed by atoms with Crippen LogP contribution in [0.3, 0.4) is 0 Å². The SMILES string of the molecule is CCCc1nc(NN)c(C)c(N2CCCC(N(C)C)C2)n1. The number of aryl methyl sites for hydroxylation is 1. The van der Waals surface area contributed by atoms with Gasteiger partial charge < -0.3 is 15.2 Å². The third kappa shape index (κ3) is 3.63. The molecule has 0 bridgehead atoms. The van der Waals surface area contributed by atoms with E-state index in [1.807, 2.05) is 6.92 Å². The maximum atomic E-state index is 5.62. The van der Waals surface area contributed by atoms with Gasteiger partial charge in [0.15, 0.2) is 0 Å². The summed E-state index contributed by atoms with van der Waals surface area (Å²) in [4.78, 5) is 14.0. The van der Waals surface area contributed by atoms with Gasteiger partial charge in [-0.1, -0.05) is 6.92 Å². The molecule has 2 rings (SSSR count). The smallest absolute Gasteiger partial charge is 0.148 e. The number of rotatable bonds is 5. The quantitative estimate of drug-likeness (QED) is 0.634. The molecule has 1 saturated heterocycles. The van der Waals surface area contributed by atoms with Gasteiger partial charge in [-0.05, 0) is 40.3 Å². The number of nitrogens with two attached hydrogens (primary N) is 1. The van der Waals surface area contributed by atoms with E-state index in [0.29, 0.717) is 6.04 Å². The highest BCUT2D eigenvalue weighted by Crippen LogP contribution is 2.27. The Morgan fingerprint density at radius 3 is 2.76 bits per heavy atom. The van der Waals surface area contributed by atoms with Crippen LogP contribution in [0.25, 0.3) is 0 Å². The third-order valence-corrected chi connectivity index (χ3v) is 4.20. The van der Waals surface area contributed by atoms with Gasteiger partial charge in [0.1, 0.15) is 17.5 Å². The van der Waals surface area contributed by atoms with Crippen LogP contribution in [0.2, 0.25) is 0 Å². The molecular formula is C15H28N6. The zero-order valence-electron chi connectivity index (χ0n) is 13.7. The molecule has 1 aromatic rings. The molecule has 0 spiro atoms. The number of piperidine rings is 1. The molecular weight excluding hydrogens is 264 g/mol. The Morgan fingerprint density at radius 1 is 1.38 bits per heavy atom. The molecule has 3 N–H and O–H groups in total. The lowest BCUT2D eigenvalue weighted by Gasteiger charge is -2.37. The fraction of sp³-hybridized carbons (Fsp3) is 0.733.